The van der Waals surface area contributed by atoms with E-state index in [1.807, 2.05) is 0 Å². The van der Waals surface area contributed by atoms with E-state index in [0.29, 0.717) is 23.1 Å². The van der Waals surface area contributed by atoms with Gasteiger partial charge in [-0.1, -0.05) is 12.1 Å². The highest BCUT2D eigenvalue weighted by molar-refractivity contribution is 5.88. The van der Waals surface area contributed by atoms with Crippen LogP contribution in [0.15, 0.2) is 48.5 Å². The van der Waals surface area contributed by atoms with Gasteiger partial charge in [-0.15, -0.1) is 13.2 Å². The number of hydrogen-bond acceptors (Lipinski definition) is 4. The van der Waals surface area contributed by atoms with E-state index in [-0.39, 0.29) is 12.3 Å². The Balaban J connectivity index is 2.25. The predicted molar refractivity (Wildman–Crippen MR) is 97.4 cm³/mol. The second-order valence-corrected chi connectivity index (χ2v) is 6.97. The fourth-order valence-electron chi connectivity index (χ4n) is 2.29. The molecule has 0 atom stereocenters. The summed E-state index contributed by atoms with van der Waals surface area (Å²) >= 11 is 0. The summed E-state index contributed by atoms with van der Waals surface area (Å²) in [6.07, 6.45) is -4.72. The van der Waals surface area contributed by atoms with Crippen molar-refractivity contribution in [1.29, 1.82) is 0 Å². The first kappa shape index (κ1) is 21.3. The van der Waals surface area contributed by atoms with Crippen molar-refractivity contribution in [3.05, 3.63) is 59.7 Å². The Bertz CT molecular complexity index is 809. The van der Waals surface area contributed by atoms with Gasteiger partial charge in [0.2, 0.25) is 0 Å². The van der Waals surface area contributed by atoms with Crippen molar-refractivity contribution < 1.29 is 32.2 Å². The standard InChI is InChI=1S/C20H20F3NO4/c1-19(2,3)28-18(26)24(16-8-4-15(13-25)5-9-16)12-14-6-10-17(11-7-14)27-20(21,22)23/h4-11,13H,12H2,1-3H3. The third-order valence-corrected chi connectivity index (χ3v) is 3.45. The Morgan fingerprint density at radius 2 is 1.57 bits per heavy atom. The summed E-state index contributed by atoms with van der Waals surface area (Å²) in [4.78, 5) is 24.8. The molecule has 2 rings (SSSR count). The number of hydrogen-bond donors (Lipinski definition) is 0. The van der Waals surface area contributed by atoms with Crippen molar-refractivity contribution in [3.63, 3.8) is 0 Å². The molecule has 0 unspecified atom stereocenters. The topological polar surface area (TPSA) is 55.8 Å². The largest absolute Gasteiger partial charge is 0.573 e. The number of halogens is 3. The van der Waals surface area contributed by atoms with Crippen LogP contribution in [0.5, 0.6) is 5.75 Å². The highest BCUT2D eigenvalue weighted by Crippen LogP contribution is 2.25. The van der Waals surface area contributed by atoms with Crippen LogP contribution in [0.25, 0.3) is 0 Å². The van der Waals surface area contributed by atoms with Gasteiger partial charge in [-0.3, -0.25) is 9.69 Å². The summed E-state index contributed by atoms with van der Waals surface area (Å²) in [5.41, 5.74) is 0.763. The highest BCUT2D eigenvalue weighted by Gasteiger charge is 2.31. The number of alkyl halides is 3. The molecule has 0 N–H and O–H groups in total. The van der Waals surface area contributed by atoms with Gasteiger partial charge in [0.1, 0.15) is 17.6 Å². The van der Waals surface area contributed by atoms with Gasteiger partial charge in [0, 0.05) is 11.3 Å². The van der Waals surface area contributed by atoms with Crippen molar-refractivity contribution in [2.45, 2.75) is 39.3 Å². The number of amides is 1. The van der Waals surface area contributed by atoms with Gasteiger partial charge in [-0.25, -0.2) is 4.79 Å². The summed E-state index contributed by atoms with van der Waals surface area (Å²) in [6, 6.07) is 11.5. The summed E-state index contributed by atoms with van der Waals surface area (Å²) in [5.74, 6) is -0.351. The normalized spacial score (nSPS) is 11.6. The molecule has 2 aromatic rings. The van der Waals surface area contributed by atoms with Crippen molar-refractivity contribution in [1.82, 2.24) is 0 Å². The summed E-state index contributed by atoms with van der Waals surface area (Å²) < 4.78 is 46.1. The minimum absolute atomic E-state index is 0.0572. The second-order valence-electron chi connectivity index (χ2n) is 6.97. The number of nitrogens with zero attached hydrogens (tertiary/aromatic N) is 1. The molecule has 0 bridgehead atoms. The van der Waals surface area contributed by atoms with E-state index in [9.17, 15) is 22.8 Å². The molecule has 150 valence electrons. The van der Waals surface area contributed by atoms with Crippen LogP contribution in [0.4, 0.5) is 23.7 Å². The van der Waals surface area contributed by atoms with E-state index in [1.165, 1.54) is 29.2 Å². The summed E-state index contributed by atoms with van der Waals surface area (Å²) in [7, 11) is 0. The Hall–Kier alpha value is -3.03. The maximum absolute atomic E-state index is 12.6. The molecule has 0 aromatic heterocycles. The Kier molecular flexibility index (Phi) is 6.33. The molecule has 0 aliphatic rings. The predicted octanol–water partition coefficient (Wildman–Crippen LogP) is 5.34. The summed E-state index contributed by atoms with van der Waals surface area (Å²) in [6.45, 7) is 5.23. The molecule has 0 radical (unpaired) electrons. The van der Waals surface area contributed by atoms with Gasteiger partial charge < -0.3 is 9.47 Å². The SMILES string of the molecule is CC(C)(C)OC(=O)N(Cc1ccc(OC(F)(F)F)cc1)c1ccc(C=O)cc1. The average Bonchev–Trinajstić information content (AvgIpc) is 2.58. The monoisotopic (exact) mass is 395 g/mol. The van der Waals surface area contributed by atoms with Gasteiger partial charge in [0.15, 0.2) is 0 Å². The Morgan fingerprint density at radius 1 is 1.00 bits per heavy atom. The maximum Gasteiger partial charge on any atom is 0.573 e. The van der Waals surface area contributed by atoms with Crippen LogP contribution in [0.2, 0.25) is 0 Å². The summed E-state index contributed by atoms with van der Waals surface area (Å²) in [5, 5.41) is 0. The van der Waals surface area contributed by atoms with Crippen molar-refractivity contribution in [2.24, 2.45) is 0 Å². The molecule has 1 amide bonds. The zero-order valence-corrected chi connectivity index (χ0v) is 15.6. The third kappa shape index (κ3) is 6.61. The quantitative estimate of drug-likeness (QED) is 0.642. The van der Waals surface area contributed by atoms with Gasteiger partial charge in [-0.05, 0) is 62.7 Å². The molecular formula is C20H20F3NO4. The van der Waals surface area contributed by atoms with Crippen LogP contribution in [0.1, 0.15) is 36.7 Å². The Labute approximate surface area is 160 Å². The minimum atomic E-state index is -4.77. The van der Waals surface area contributed by atoms with Gasteiger partial charge in [-0.2, -0.15) is 0 Å². The lowest BCUT2D eigenvalue weighted by Gasteiger charge is -2.27. The van der Waals surface area contributed by atoms with E-state index in [2.05, 4.69) is 4.74 Å². The molecule has 0 aliphatic heterocycles. The fraction of sp³-hybridized carbons (Fsp3) is 0.300. The van der Waals surface area contributed by atoms with E-state index in [0.717, 1.165) is 0 Å². The van der Waals surface area contributed by atoms with Crippen LogP contribution in [0.3, 0.4) is 0 Å². The number of carbonyl (C=O) groups is 2. The minimum Gasteiger partial charge on any atom is -0.443 e. The van der Waals surface area contributed by atoms with Gasteiger partial charge in [0.25, 0.3) is 0 Å². The molecule has 28 heavy (non-hydrogen) atoms. The van der Waals surface area contributed by atoms with Crippen molar-refractivity contribution >= 4 is 18.1 Å². The zero-order valence-electron chi connectivity index (χ0n) is 15.6. The van der Waals surface area contributed by atoms with Gasteiger partial charge in [0.05, 0.1) is 6.54 Å². The molecule has 0 fully saturated rings. The average molecular weight is 395 g/mol. The first-order chi connectivity index (χ1) is 13.0. The molecule has 0 heterocycles. The number of carbonyl (C=O) groups excluding carboxylic acids is 2. The fourth-order valence-corrected chi connectivity index (χ4v) is 2.29. The van der Waals surface area contributed by atoms with Crippen LogP contribution < -0.4 is 9.64 Å². The maximum atomic E-state index is 12.6. The van der Waals surface area contributed by atoms with E-state index in [1.54, 1.807) is 45.0 Å². The molecule has 0 spiro atoms. The second kappa shape index (κ2) is 8.33. The Morgan fingerprint density at radius 3 is 2.04 bits per heavy atom. The zero-order chi connectivity index (χ0) is 20.9. The van der Waals surface area contributed by atoms with E-state index in [4.69, 9.17) is 4.74 Å². The third-order valence-electron chi connectivity index (χ3n) is 3.45. The molecule has 8 heteroatoms. The van der Waals surface area contributed by atoms with Gasteiger partial charge >= 0.3 is 12.5 Å². The lowest BCUT2D eigenvalue weighted by Crippen LogP contribution is -2.36. The molecule has 2 aromatic carbocycles. The number of benzene rings is 2. The van der Waals surface area contributed by atoms with E-state index < -0.39 is 18.1 Å². The lowest BCUT2D eigenvalue weighted by molar-refractivity contribution is -0.274. The molecule has 0 aliphatic carbocycles. The lowest BCUT2D eigenvalue weighted by atomic mass is 10.1. The number of aldehydes is 1. The van der Waals surface area contributed by atoms with Crippen molar-refractivity contribution in [2.75, 3.05) is 4.90 Å². The molecule has 0 saturated carbocycles. The smallest absolute Gasteiger partial charge is 0.443 e. The highest BCUT2D eigenvalue weighted by atomic mass is 19.4. The van der Waals surface area contributed by atoms with Crippen LogP contribution >= 0.6 is 0 Å². The van der Waals surface area contributed by atoms with Crippen molar-refractivity contribution in [3.8, 4) is 5.75 Å². The molecule has 5 nitrogen and oxygen atoms in total. The number of ether oxygens (including phenoxy) is 2. The number of anilines is 1. The van der Waals surface area contributed by atoms with E-state index >= 15 is 0 Å². The van der Waals surface area contributed by atoms with Crippen LogP contribution in [-0.2, 0) is 11.3 Å². The molecular weight excluding hydrogens is 375 g/mol. The number of rotatable bonds is 5. The molecule has 0 saturated heterocycles. The first-order valence-electron chi connectivity index (χ1n) is 8.37. The first-order valence-corrected chi connectivity index (χ1v) is 8.37. The van der Waals surface area contributed by atoms with Crippen LogP contribution in [0, 0.1) is 0 Å². The van der Waals surface area contributed by atoms with Crippen LogP contribution in [-0.4, -0.2) is 24.3 Å².